The lowest BCUT2D eigenvalue weighted by Gasteiger charge is -2.27. The summed E-state index contributed by atoms with van der Waals surface area (Å²) in [6, 6.07) is 10.3. The Morgan fingerprint density at radius 2 is 2.00 bits per heavy atom. The van der Waals surface area contributed by atoms with E-state index in [4.69, 9.17) is 11.6 Å². The number of aryl methyl sites for hydroxylation is 1. The van der Waals surface area contributed by atoms with Gasteiger partial charge < -0.3 is 10.0 Å². The number of carbonyl (C=O) groups is 1. The normalized spacial score (nSPS) is 17.5. The molecule has 3 rings (SSSR count). The Hall–Kier alpha value is -2.07. The van der Waals surface area contributed by atoms with E-state index in [0.717, 1.165) is 19.4 Å². The average molecular weight is 331 g/mol. The molecule has 1 atom stereocenters. The first-order chi connectivity index (χ1) is 11.0. The number of aromatic carboxylic acids is 1. The van der Waals surface area contributed by atoms with Crippen LogP contribution < -0.4 is 4.90 Å². The fourth-order valence-corrected chi connectivity index (χ4v) is 3.30. The van der Waals surface area contributed by atoms with E-state index in [1.165, 1.54) is 11.1 Å². The molecule has 0 amide bonds. The van der Waals surface area contributed by atoms with Crippen molar-refractivity contribution in [3.05, 3.63) is 57.7 Å². The van der Waals surface area contributed by atoms with E-state index >= 15 is 0 Å². The van der Waals surface area contributed by atoms with Gasteiger partial charge in [0.25, 0.3) is 0 Å². The van der Waals surface area contributed by atoms with Gasteiger partial charge >= 0.3 is 5.97 Å². The fourth-order valence-electron chi connectivity index (χ4n) is 3.11. The first-order valence-corrected chi connectivity index (χ1v) is 8.09. The summed E-state index contributed by atoms with van der Waals surface area (Å²) in [5.41, 5.74) is 3.18. The van der Waals surface area contributed by atoms with Crippen molar-refractivity contribution in [3.8, 4) is 0 Å². The molecule has 120 valence electrons. The van der Waals surface area contributed by atoms with Gasteiger partial charge in [-0.2, -0.15) is 0 Å². The maximum absolute atomic E-state index is 11.4. The zero-order chi connectivity index (χ0) is 16.6. The summed E-state index contributed by atoms with van der Waals surface area (Å²) in [6.45, 7) is 4.60. The molecule has 1 aliphatic heterocycles. The number of hydrogen-bond donors (Lipinski definition) is 1. The first kappa shape index (κ1) is 15.8. The number of hydrogen-bond acceptors (Lipinski definition) is 3. The summed E-state index contributed by atoms with van der Waals surface area (Å²) in [5, 5.41) is 9.62. The largest absolute Gasteiger partial charge is 0.478 e. The highest BCUT2D eigenvalue weighted by Gasteiger charge is 2.28. The third-order valence-electron chi connectivity index (χ3n) is 4.44. The molecule has 1 N–H and O–H groups in total. The van der Waals surface area contributed by atoms with Gasteiger partial charge in [-0.3, -0.25) is 0 Å². The highest BCUT2D eigenvalue weighted by Crippen LogP contribution is 2.36. The van der Waals surface area contributed by atoms with E-state index in [9.17, 15) is 9.90 Å². The van der Waals surface area contributed by atoms with Crippen LogP contribution in [0.15, 0.2) is 30.3 Å². The molecule has 0 radical (unpaired) electrons. The van der Waals surface area contributed by atoms with Crippen LogP contribution in [0, 0.1) is 13.8 Å². The van der Waals surface area contributed by atoms with Crippen molar-refractivity contribution in [2.45, 2.75) is 32.7 Å². The number of carboxylic acid groups (broad SMARTS) is 1. The second-order valence-corrected chi connectivity index (χ2v) is 6.37. The lowest BCUT2D eigenvalue weighted by Crippen LogP contribution is -2.24. The summed E-state index contributed by atoms with van der Waals surface area (Å²) in [6.07, 6.45) is 2.08. The Kier molecular flexibility index (Phi) is 4.26. The highest BCUT2D eigenvalue weighted by atomic mass is 35.5. The maximum Gasteiger partial charge on any atom is 0.336 e. The topological polar surface area (TPSA) is 53.4 Å². The van der Waals surface area contributed by atoms with Crippen LogP contribution in [0.5, 0.6) is 0 Å². The van der Waals surface area contributed by atoms with Gasteiger partial charge in [-0.05, 0) is 38.3 Å². The predicted octanol–water partition coefficient (Wildman–Crippen LogP) is 4.39. The number of pyridine rings is 1. The molecule has 5 heteroatoms. The molecule has 1 aromatic carbocycles. The van der Waals surface area contributed by atoms with Gasteiger partial charge in [0.2, 0.25) is 0 Å². The van der Waals surface area contributed by atoms with Gasteiger partial charge in [0, 0.05) is 12.1 Å². The molecule has 2 aromatic rings. The number of rotatable bonds is 3. The van der Waals surface area contributed by atoms with Crippen molar-refractivity contribution < 1.29 is 9.90 Å². The van der Waals surface area contributed by atoms with E-state index in [0.29, 0.717) is 11.4 Å². The third kappa shape index (κ3) is 3.04. The molecule has 1 saturated heterocycles. The van der Waals surface area contributed by atoms with Crippen LogP contribution in [0.3, 0.4) is 0 Å². The van der Waals surface area contributed by atoms with Gasteiger partial charge in [0.05, 0.1) is 11.6 Å². The SMILES string of the molecule is Cc1ccc([C@@H]2CCCN2c2cc(C(=O)O)c(C)c(Cl)n2)cc1. The van der Waals surface area contributed by atoms with E-state index in [2.05, 4.69) is 41.1 Å². The van der Waals surface area contributed by atoms with Crippen molar-refractivity contribution in [1.29, 1.82) is 0 Å². The monoisotopic (exact) mass is 330 g/mol. The number of nitrogens with zero attached hydrogens (tertiary/aromatic N) is 2. The van der Waals surface area contributed by atoms with Gasteiger partial charge in [-0.25, -0.2) is 9.78 Å². The molecule has 0 aliphatic carbocycles. The smallest absolute Gasteiger partial charge is 0.336 e. The summed E-state index contributed by atoms with van der Waals surface area (Å²) < 4.78 is 0. The van der Waals surface area contributed by atoms with Crippen LogP contribution in [-0.4, -0.2) is 22.6 Å². The second-order valence-electron chi connectivity index (χ2n) is 6.01. The molecule has 0 bridgehead atoms. The minimum Gasteiger partial charge on any atom is -0.478 e. The van der Waals surface area contributed by atoms with Gasteiger partial charge in [-0.15, -0.1) is 0 Å². The molecule has 0 unspecified atom stereocenters. The molecule has 0 spiro atoms. The predicted molar refractivity (Wildman–Crippen MR) is 91.4 cm³/mol. The second kappa shape index (κ2) is 6.20. The molecule has 1 fully saturated rings. The van der Waals surface area contributed by atoms with E-state index in [-0.39, 0.29) is 16.8 Å². The Morgan fingerprint density at radius 3 is 2.65 bits per heavy atom. The molecule has 1 aliphatic rings. The average Bonchev–Trinajstić information content (AvgIpc) is 3.00. The van der Waals surface area contributed by atoms with Crippen molar-refractivity contribution in [2.75, 3.05) is 11.4 Å². The van der Waals surface area contributed by atoms with Crippen LogP contribution in [-0.2, 0) is 0 Å². The lowest BCUT2D eigenvalue weighted by atomic mass is 10.0. The van der Waals surface area contributed by atoms with Crippen molar-refractivity contribution >= 4 is 23.4 Å². The number of anilines is 1. The zero-order valence-corrected chi connectivity index (χ0v) is 14.0. The zero-order valence-electron chi connectivity index (χ0n) is 13.2. The summed E-state index contributed by atoms with van der Waals surface area (Å²) in [4.78, 5) is 18.0. The van der Waals surface area contributed by atoms with Crippen LogP contribution in [0.25, 0.3) is 0 Å². The van der Waals surface area contributed by atoms with Crippen LogP contribution in [0.2, 0.25) is 5.15 Å². The number of aromatic nitrogens is 1. The van der Waals surface area contributed by atoms with Crippen molar-refractivity contribution in [2.24, 2.45) is 0 Å². The van der Waals surface area contributed by atoms with Crippen LogP contribution in [0.1, 0.15) is 45.9 Å². The minimum atomic E-state index is -0.973. The Bertz CT molecular complexity index is 743. The van der Waals surface area contributed by atoms with E-state index in [1.807, 2.05) is 0 Å². The molecular formula is C18H19ClN2O2. The molecule has 1 aromatic heterocycles. The summed E-state index contributed by atoms with van der Waals surface area (Å²) in [5.74, 6) is -0.333. The quantitative estimate of drug-likeness (QED) is 0.848. The molecule has 2 heterocycles. The summed E-state index contributed by atoms with van der Waals surface area (Å²) >= 11 is 6.15. The van der Waals surface area contributed by atoms with Gasteiger partial charge in [0.1, 0.15) is 11.0 Å². The Labute approximate surface area is 140 Å². The van der Waals surface area contributed by atoms with Gasteiger partial charge in [-0.1, -0.05) is 41.4 Å². The van der Waals surface area contributed by atoms with Gasteiger partial charge in [0.15, 0.2) is 0 Å². The molecule has 23 heavy (non-hydrogen) atoms. The minimum absolute atomic E-state index is 0.212. The Morgan fingerprint density at radius 1 is 1.30 bits per heavy atom. The Balaban J connectivity index is 2.00. The lowest BCUT2D eigenvalue weighted by molar-refractivity contribution is 0.0696. The van der Waals surface area contributed by atoms with E-state index in [1.54, 1.807) is 13.0 Å². The van der Waals surface area contributed by atoms with Crippen molar-refractivity contribution in [3.63, 3.8) is 0 Å². The molecular weight excluding hydrogens is 312 g/mol. The fraction of sp³-hybridized carbons (Fsp3) is 0.333. The van der Waals surface area contributed by atoms with Crippen LogP contribution >= 0.6 is 11.6 Å². The summed E-state index contributed by atoms with van der Waals surface area (Å²) in [7, 11) is 0. The third-order valence-corrected chi connectivity index (χ3v) is 4.81. The van der Waals surface area contributed by atoms with Crippen LogP contribution in [0.4, 0.5) is 5.82 Å². The highest BCUT2D eigenvalue weighted by molar-refractivity contribution is 6.30. The number of carboxylic acids is 1. The molecule has 0 saturated carbocycles. The number of benzene rings is 1. The molecule has 4 nitrogen and oxygen atoms in total. The number of halogens is 1. The van der Waals surface area contributed by atoms with Crippen molar-refractivity contribution in [1.82, 2.24) is 4.98 Å². The first-order valence-electron chi connectivity index (χ1n) is 7.71. The standard InChI is InChI=1S/C18H19ClN2O2/c1-11-5-7-13(8-6-11)15-4-3-9-21(15)16-10-14(18(22)23)12(2)17(19)20-16/h5-8,10,15H,3-4,9H2,1-2H3,(H,22,23)/t15-/m0/s1. The maximum atomic E-state index is 11.4. The van der Waals surface area contributed by atoms with E-state index < -0.39 is 5.97 Å².